The number of nitrogens with zero attached hydrogens (tertiary/aromatic N) is 1. The highest BCUT2D eigenvalue weighted by atomic mass is 16.6. The fourth-order valence-corrected chi connectivity index (χ4v) is 3.37. The highest BCUT2D eigenvalue weighted by Gasteiger charge is 2.26. The molecule has 2 fully saturated rings. The average molecular weight is 331 g/mol. The van der Waals surface area contributed by atoms with Crippen LogP contribution in [-0.4, -0.2) is 17.3 Å². The molecule has 130 valence electrons. The van der Waals surface area contributed by atoms with Gasteiger partial charge in [0.15, 0.2) is 5.78 Å². The van der Waals surface area contributed by atoms with Crippen LogP contribution in [0, 0.1) is 27.9 Å². The molecule has 0 saturated heterocycles. The Balaban J connectivity index is 1.73. The minimum Gasteiger partial charge on any atom is -0.493 e. The highest BCUT2D eigenvalue weighted by Crippen LogP contribution is 2.34. The molecular formula is C19H25NO4. The standard InChI is InChI=1S/C19H25NO4/c1-13-2-4-14(5-3-13)10-18(21)17-11-16(20(22)23)8-9-19(17)24-12-15-6-7-15/h8-9,11,13-15H,2-7,10,12H2,1H3. The molecule has 0 atom stereocenters. The molecule has 0 heterocycles. The SMILES string of the molecule is CC1CCC(CC(=O)c2cc([N+](=O)[O-])ccc2OCC2CC2)CC1. The molecule has 1 aromatic carbocycles. The summed E-state index contributed by atoms with van der Waals surface area (Å²) in [6.45, 7) is 2.85. The van der Waals surface area contributed by atoms with Crippen molar-refractivity contribution in [2.45, 2.75) is 51.9 Å². The van der Waals surface area contributed by atoms with Crippen LogP contribution < -0.4 is 4.74 Å². The predicted octanol–water partition coefficient (Wildman–Crippen LogP) is 4.78. The zero-order valence-electron chi connectivity index (χ0n) is 14.2. The number of rotatable bonds is 7. The first-order valence-electron chi connectivity index (χ1n) is 8.97. The van der Waals surface area contributed by atoms with Gasteiger partial charge in [-0.05, 0) is 49.5 Å². The van der Waals surface area contributed by atoms with Gasteiger partial charge in [-0.25, -0.2) is 0 Å². The van der Waals surface area contributed by atoms with Crippen LogP contribution >= 0.6 is 0 Å². The zero-order valence-corrected chi connectivity index (χ0v) is 14.2. The number of ether oxygens (including phenoxy) is 1. The van der Waals surface area contributed by atoms with Gasteiger partial charge in [-0.3, -0.25) is 14.9 Å². The van der Waals surface area contributed by atoms with E-state index in [0.717, 1.165) is 44.4 Å². The molecule has 0 bridgehead atoms. The van der Waals surface area contributed by atoms with Gasteiger partial charge in [-0.1, -0.05) is 19.8 Å². The van der Waals surface area contributed by atoms with E-state index in [9.17, 15) is 14.9 Å². The molecule has 5 nitrogen and oxygen atoms in total. The maximum absolute atomic E-state index is 12.7. The largest absolute Gasteiger partial charge is 0.493 e. The molecule has 0 radical (unpaired) electrons. The molecule has 0 aromatic heterocycles. The lowest BCUT2D eigenvalue weighted by Gasteiger charge is -2.25. The third-order valence-electron chi connectivity index (χ3n) is 5.26. The zero-order chi connectivity index (χ0) is 17.1. The topological polar surface area (TPSA) is 69.4 Å². The van der Waals surface area contributed by atoms with Crippen molar-refractivity contribution in [1.29, 1.82) is 0 Å². The van der Waals surface area contributed by atoms with Crippen LogP contribution in [0.5, 0.6) is 5.75 Å². The Morgan fingerprint density at radius 1 is 1.17 bits per heavy atom. The minimum absolute atomic E-state index is 0.0240. The van der Waals surface area contributed by atoms with E-state index in [-0.39, 0.29) is 11.5 Å². The molecule has 0 N–H and O–H groups in total. The lowest BCUT2D eigenvalue weighted by molar-refractivity contribution is -0.384. The van der Waals surface area contributed by atoms with E-state index < -0.39 is 4.92 Å². The number of nitro groups is 1. The van der Waals surface area contributed by atoms with Gasteiger partial charge in [-0.2, -0.15) is 0 Å². The van der Waals surface area contributed by atoms with Crippen molar-refractivity contribution in [3.8, 4) is 5.75 Å². The van der Waals surface area contributed by atoms with Gasteiger partial charge in [0.1, 0.15) is 5.75 Å². The molecule has 2 saturated carbocycles. The summed E-state index contributed by atoms with van der Waals surface area (Å²) in [5, 5.41) is 11.0. The van der Waals surface area contributed by atoms with Crippen molar-refractivity contribution >= 4 is 11.5 Å². The Labute approximate surface area is 142 Å². The number of benzene rings is 1. The van der Waals surface area contributed by atoms with Crippen molar-refractivity contribution in [3.63, 3.8) is 0 Å². The molecule has 0 amide bonds. The number of non-ortho nitro benzene ring substituents is 1. The number of hydrogen-bond donors (Lipinski definition) is 0. The Morgan fingerprint density at radius 2 is 1.83 bits per heavy atom. The number of carbonyl (C=O) groups excluding carboxylic acids is 1. The van der Waals surface area contributed by atoms with Gasteiger partial charge in [0, 0.05) is 18.6 Å². The smallest absolute Gasteiger partial charge is 0.270 e. The lowest BCUT2D eigenvalue weighted by atomic mass is 9.80. The van der Waals surface area contributed by atoms with Crippen LogP contribution in [0.25, 0.3) is 0 Å². The molecule has 5 heteroatoms. The second-order valence-corrected chi connectivity index (χ2v) is 7.45. The van der Waals surface area contributed by atoms with Crippen molar-refractivity contribution in [3.05, 3.63) is 33.9 Å². The van der Waals surface area contributed by atoms with E-state index in [1.54, 1.807) is 6.07 Å². The van der Waals surface area contributed by atoms with Crippen LogP contribution in [0.15, 0.2) is 18.2 Å². The Hall–Kier alpha value is -1.91. The van der Waals surface area contributed by atoms with Crippen molar-refractivity contribution in [2.75, 3.05) is 6.61 Å². The summed E-state index contributed by atoms with van der Waals surface area (Å²) in [4.78, 5) is 23.3. The Bertz CT molecular complexity index is 616. The normalized spacial score (nSPS) is 23.7. The van der Waals surface area contributed by atoms with Crippen LogP contribution in [0.3, 0.4) is 0 Å². The van der Waals surface area contributed by atoms with Crippen LogP contribution in [0.1, 0.15) is 62.2 Å². The molecule has 1 aromatic rings. The van der Waals surface area contributed by atoms with E-state index >= 15 is 0 Å². The van der Waals surface area contributed by atoms with Crippen LogP contribution in [0.2, 0.25) is 0 Å². The summed E-state index contributed by atoms with van der Waals surface area (Å²) >= 11 is 0. The monoisotopic (exact) mass is 331 g/mol. The average Bonchev–Trinajstić information content (AvgIpc) is 3.39. The van der Waals surface area contributed by atoms with Gasteiger partial charge in [0.25, 0.3) is 5.69 Å². The van der Waals surface area contributed by atoms with Crippen molar-refractivity contribution in [2.24, 2.45) is 17.8 Å². The summed E-state index contributed by atoms with van der Waals surface area (Å²) in [7, 11) is 0. The van der Waals surface area contributed by atoms with Crippen molar-refractivity contribution < 1.29 is 14.5 Å². The molecular weight excluding hydrogens is 306 g/mol. The van der Waals surface area contributed by atoms with E-state index in [2.05, 4.69) is 6.92 Å². The Morgan fingerprint density at radius 3 is 2.46 bits per heavy atom. The summed E-state index contributed by atoms with van der Waals surface area (Å²) in [5.41, 5.74) is 0.331. The number of Topliss-reactive ketones (excluding diaryl/α,β-unsaturated/α-hetero) is 1. The molecule has 2 aliphatic rings. The summed E-state index contributed by atoms with van der Waals surface area (Å²) in [6, 6.07) is 4.38. The highest BCUT2D eigenvalue weighted by molar-refractivity contribution is 5.99. The number of nitro benzene ring substituents is 1. The van der Waals surface area contributed by atoms with Gasteiger partial charge in [0.05, 0.1) is 17.1 Å². The molecule has 0 aliphatic heterocycles. The third-order valence-corrected chi connectivity index (χ3v) is 5.26. The lowest BCUT2D eigenvalue weighted by Crippen LogP contribution is -2.17. The Kier molecular flexibility index (Phi) is 5.17. The van der Waals surface area contributed by atoms with E-state index in [1.165, 1.54) is 12.1 Å². The van der Waals surface area contributed by atoms with E-state index in [0.29, 0.717) is 36.2 Å². The van der Waals surface area contributed by atoms with Crippen LogP contribution in [-0.2, 0) is 0 Å². The second kappa shape index (κ2) is 7.32. The van der Waals surface area contributed by atoms with E-state index in [1.807, 2.05) is 0 Å². The fourth-order valence-electron chi connectivity index (χ4n) is 3.37. The van der Waals surface area contributed by atoms with Gasteiger partial charge in [0.2, 0.25) is 0 Å². The fraction of sp³-hybridized carbons (Fsp3) is 0.632. The van der Waals surface area contributed by atoms with Crippen molar-refractivity contribution in [1.82, 2.24) is 0 Å². The summed E-state index contributed by atoms with van der Waals surface area (Å²) in [5.74, 6) is 2.18. The van der Waals surface area contributed by atoms with Gasteiger partial charge < -0.3 is 4.74 Å². The number of carbonyl (C=O) groups is 1. The molecule has 24 heavy (non-hydrogen) atoms. The molecule has 2 aliphatic carbocycles. The molecule has 0 spiro atoms. The quantitative estimate of drug-likeness (QED) is 0.409. The van der Waals surface area contributed by atoms with E-state index in [4.69, 9.17) is 4.74 Å². The van der Waals surface area contributed by atoms with Crippen LogP contribution in [0.4, 0.5) is 5.69 Å². The molecule has 0 unspecified atom stereocenters. The summed E-state index contributed by atoms with van der Waals surface area (Å²) in [6.07, 6.45) is 7.26. The second-order valence-electron chi connectivity index (χ2n) is 7.45. The first kappa shape index (κ1) is 16.9. The third kappa shape index (κ3) is 4.34. The van der Waals surface area contributed by atoms with Gasteiger partial charge in [-0.15, -0.1) is 0 Å². The summed E-state index contributed by atoms with van der Waals surface area (Å²) < 4.78 is 5.78. The maximum atomic E-state index is 12.7. The number of ketones is 1. The first-order valence-corrected chi connectivity index (χ1v) is 8.97. The minimum atomic E-state index is -0.455. The molecule has 3 rings (SSSR count). The first-order chi connectivity index (χ1) is 11.5. The number of hydrogen-bond acceptors (Lipinski definition) is 4. The van der Waals surface area contributed by atoms with Gasteiger partial charge >= 0.3 is 0 Å². The maximum Gasteiger partial charge on any atom is 0.270 e. The predicted molar refractivity (Wildman–Crippen MR) is 91.4 cm³/mol.